The number of nitrogens with zero attached hydrogens (tertiary/aromatic N) is 1. The Labute approximate surface area is 100 Å². The van der Waals surface area contributed by atoms with Crippen molar-refractivity contribution in [3.05, 3.63) is 24.1 Å². The number of aromatic nitrogens is 1. The summed E-state index contributed by atoms with van der Waals surface area (Å²) in [5.74, 6) is 0.516. The van der Waals surface area contributed by atoms with Crippen LogP contribution in [0.25, 0.3) is 0 Å². The van der Waals surface area contributed by atoms with Crippen molar-refractivity contribution in [2.75, 3.05) is 5.32 Å². The van der Waals surface area contributed by atoms with Gasteiger partial charge in [-0.3, -0.25) is 4.79 Å². The summed E-state index contributed by atoms with van der Waals surface area (Å²) < 4.78 is 12.6. The van der Waals surface area contributed by atoms with Crippen LogP contribution in [0.2, 0.25) is 0 Å². The Kier molecular flexibility index (Phi) is 4.07. The molecule has 17 heavy (non-hydrogen) atoms. The molecule has 4 heteroatoms. The van der Waals surface area contributed by atoms with Gasteiger partial charge in [-0.2, -0.15) is 0 Å². The fraction of sp³-hybridized carbons (Fsp3) is 0.538. The maximum absolute atomic E-state index is 12.6. The molecule has 0 aromatic carbocycles. The van der Waals surface area contributed by atoms with E-state index < -0.39 is 5.82 Å². The number of halogens is 1. The van der Waals surface area contributed by atoms with Crippen molar-refractivity contribution in [2.45, 2.75) is 38.5 Å². The van der Waals surface area contributed by atoms with Gasteiger partial charge in [-0.05, 0) is 30.9 Å². The minimum Gasteiger partial charge on any atom is -0.311 e. The van der Waals surface area contributed by atoms with Crippen LogP contribution in [0.1, 0.15) is 38.5 Å². The van der Waals surface area contributed by atoms with Crippen LogP contribution in [-0.2, 0) is 4.79 Å². The molecule has 1 aromatic rings. The standard InChI is InChI=1S/C13H17FN2O/c14-11-6-7-12(15-9-11)16-13(17)8-10-4-2-1-3-5-10/h6-7,9-10H,1-5,8H2,(H,15,16,17). The summed E-state index contributed by atoms with van der Waals surface area (Å²) in [6, 6.07) is 2.78. The number of nitrogens with one attached hydrogen (secondary N) is 1. The monoisotopic (exact) mass is 236 g/mol. The Hall–Kier alpha value is -1.45. The van der Waals surface area contributed by atoms with Crippen molar-refractivity contribution < 1.29 is 9.18 Å². The zero-order chi connectivity index (χ0) is 12.1. The van der Waals surface area contributed by atoms with E-state index in [9.17, 15) is 9.18 Å². The van der Waals surface area contributed by atoms with Gasteiger partial charge < -0.3 is 5.32 Å². The topological polar surface area (TPSA) is 42.0 Å². The molecule has 1 N–H and O–H groups in total. The van der Waals surface area contributed by atoms with E-state index in [0.29, 0.717) is 18.2 Å². The van der Waals surface area contributed by atoms with Crippen molar-refractivity contribution in [3.63, 3.8) is 0 Å². The lowest BCUT2D eigenvalue weighted by Gasteiger charge is -2.20. The number of pyridine rings is 1. The van der Waals surface area contributed by atoms with Crippen molar-refractivity contribution in [3.8, 4) is 0 Å². The van der Waals surface area contributed by atoms with Gasteiger partial charge in [0.25, 0.3) is 0 Å². The van der Waals surface area contributed by atoms with Crippen LogP contribution in [0.3, 0.4) is 0 Å². The number of carbonyl (C=O) groups is 1. The van der Waals surface area contributed by atoms with Gasteiger partial charge in [0, 0.05) is 6.42 Å². The van der Waals surface area contributed by atoms with E-state index in [4.69, 9.17) is 0 Å². The number of carbonyl (C=O) groups excluding carboxylic acids is 1. The normalized spacial score (nSPS) is 16.8. The fourth-order valence-electron chi connectivity index (χ4n) is 2.30. The highest BCUT2D eigenvalue weighted by molar-refractivity contribution is 5.89. The average molecular weight is 236 g/mol. The third-order valence-corrected chi connectivity index (χ3v) is 3.19. The van der Waals surface area contributed by atoms with Gasteiger partial charge >= 0.3 is 0 Å². The lowest BCUT2D eigenvalue weighted by atomic mass is 9.87. The highest BCUT2D eigenvalue weighted by atomic mass is 19.1. The van der Waals surface area contributed by atoms with Gasteiger partial charge in [0.1, 0.15) is 11.6 Å². The quantitative estimate of drug-likeness (QED) is 0.876. The Morgan fingerprint density at radius 3 is 2.76 bits per heavy atom. The van der Waals surface area contributed by atoms with Gasteiger partial charge in [0.15, 0.2) is 0 Å². The zero-order valence-corrected chi connectivity index (χ0v) is 9.79. The fourth-order valence-corrected chi connectivity index (χ4v) is 2.30. The number of rotatable bonds is 3. The molecule has 1 aliphatic carbocycles. The molecule has 0 radical (unpaired) electrons. The van der Waals surface area contributed by atoms with Gasteiger partial charge in [-0.1, -0.05) is 19.3 Å². The predicted molar refractivity (Wildman–Crippen MR) is 64.0 cm³/mol. The summed E-state index contributed by atoms with van der Waals surface area (Å²) in [4.78, 5) is 15.5. The third kappa shape index (κ3) is 3.80. The maximum atomic E-state index is 12.6. The first-order valence-corrected chi connectivity index (χ1v) is 6.15. The van der Waals surface area contributed by atoms with Crippen molar-refractivity contribution in [2.24, 2.45) is 5.92 Å². The maximum Gasteiger partial charge on any atom is 0.225 e. The van der Waals surface area contributed by atoms with Crippen LogP contribution in [0, 0.1) is 11.7 Å². The summed E-state index contributed by atoms with van der Waals surface area (Å²) in [5.41, 5.74) is 0. The van der Waals surface area contributed by atoms with E-state index in [1.807, 2.05) is 0 Å². The van der Waals surface area contributed by atoms with Gasteiger partial charge in [-0.25, -0.2) is 9.37 Å². The molecule has 2 rings (SSSR count). The molecular weight excluding hydrogens is 219 g/mol. The van der Waals surface area contributed by atoms with Crippen molar-refractivity contribution in [1.29, 1.82) is 0 Å². The molecule has 0 bridgehead atoms. The molecule has 0 unspecified atom stereocenters. The zero-order valence-electron chi connectivity index (χ0n) is 9.79. The van der Waals surface area contributed by atoms with E-state index in [0.717, 1.165) is 19.0 Å². The third-order valence-electron chi connectivity index (χ3n) is 3.19. The Bertz CT molecular complexity index is 372. The number of amides is 1. The van der Waals surface area contributed by atoms with Gasteiger partial charge in [-0.15, -0.1) is 0 Å². The van der Waals surface area contributed by atoms with Gasteiger partial charge in [0.05, 0.1) is 6.20 Å². The molecule has 1 amide bonds. The van der Waals surface area contributed by atoms with Crippen LogP contribution in [0.5, 0.6) is 0 Å². The average Bonchev–Trinajstić information content (AvgIpc) is 2.33. The molecule has 3 nitrogen and oxygen atoms in total. The van der Waals surface area contributed by atoms with E-state index in [1.54, 1.807) is 0 Å². The molecule has 1 fully saturated rings. The molecule has 92 valence electrons. The number of hydrogen-bond donors (Lipinski definition) is 1. The molecule has 1 saturated carbocycles. The number of anilines is 1. The van der Waals surface area contributed by atoms with Crippen LogP contribution in [-0.4, -0.2) is 10.9 Å². The summed E-state index contributed by atoms with van der Waals surface area (Å²) in [7, 11) is 0. The van der Waals surface area contributed by atoms with Crippen LogP contribution in [0.15, 0.2) is 18.3 Å². The highest BCUT2D eigenvalue weighted by Crippen LogP contribution is 2.26. The largest absolute Gasteiger partial charge is 0.311 e. The molecule has 0 saturated heterocycles. The second-order valence-electron chi connectivity index (χ2n) is 4.62. The molecule has 1 aromatic heterocycles. The van der Waals surface area contributed by atoms with Crippen LogP contribution in [0.4, 0.5) is 10.2 Å². The van der Waals surface area contributed by atoms with Crippen LogP contribution >= 0.6 is 0 Å². The lowest BCUT2D eigenvalue weighted by molar-refractivity contribution is -0.117. The lowest BCUT2D eigenvalue weighted by Crippen LogP contribution is -2.18. The van der Waals surface area contributed by atoms with Crippen molar-refractivity contribution >= 4 is 11.7 Å². The Balaban J connectivity index is 1.82. The van der Waals surface area contributed by atoms with E-state index >= 15 is 0 Å². The second-order valence-corrected chi connectivity index (χ2v) is 4.62. The minimum atomic E-state index is -0.393. The predicted octanol–water partition coefficient (Wildman–Crippen LogP) is 3.13. The first-order chi connectivity index (χ1) is 8.24. The van der Waals surface area contributed by atoms with E-state index in [2.05, 4.69) is 10.3 Å². The first kappa shape index (κ1) is 12.0. The first-order valence-electron chi connectivity index (χ1n) is 6.15. The highest BCUT2D eigenvalue weighted by Gasteiger charge is 2.17. The minimum absolute atomic E-state index is 0.0176. The van der Waals surface area contributed by atoms with Crippen molar-refractivity contribution in [1.82, 2.24) is 4.98 Å². The summed E-state index contributed by atoms with van der Waals surface area (Å²) in [6.07, 6.45) is 7.70. The number of hydrogen-bond acceptors (Lipinski definition) is 2. The summed E-state index contributed by atoms with van der Waals surface area (Å²) >= 11 is 0. The van der Waals surface area contributed by atoms with E-state index in [1.165, 1.54) is 31.4 Å². The molecule has 0 spiro atoms. The smallest absolute Gasteiger partial charge is 0.225 e. The summed E-state index contributed by atoms with van der Waals surface area (Å²) in [6.45, 7) is 0. The summed E-state index contributed by atoms with van der Waals surface area (Å²) in [5, 5.41) is 2.70. The molecule has 0 aliphatic heterocycles. The Morgan fingerprint density at radius 2 is 2.12 bits per heavy atom. The molecule has 1 heterocycles. The van der Waals surface area contributed by atoms with Gasteiger partial charge in [0.2, 0.25) is 5.91 Å². The second kappa shape index (κ2) is 5.75. The molecular formula is C13H17FN2O. The Morgan fingerprint density at radius 1 is 1.35 bits per heavy atom. The molecule has 1 aliphatic rings. The molecule has 0 atom stereocenters. The SMILES string of the molecule is O=C(CC1CCCCC1)Nc1ccc(F)cn1. The van der Waals surface area contributed by atoms with E-state index in [-0.39, 0.29) is 5.91 Å². The van der Waals surface area contributed by atoms with Crippen LogP contribution < -0.4 is 5.32 Å².